The van der Waals surface area contributed by atoms with Crippen LogP contribution in [0, 0.1) is 5.82 Å². The number of hydrogen-bond acceptors (Lipinski definition) is 5. The summed E-state index contributed by atoms with van der Waals surface area (Å²) in [6.07, 6.45) is 1.69. The molecule has 0 atom stereocenters. The number of rotatable bonds is 6. The molecule has 0 radical (unpaired) electrons. The van der Waals surface area contributed by atoms with Gasteiger partial charge in [0.25, 0.3) is 5.91 Å². The number of benzene rings is 3. The number of nitrogens with zero attached hydrogens (tertiary/aromatic N) is 3. The summed E-state index contributed by atoms with van der Waals surface area (Å²) >= 11 is 1.27. The number of ether oxygens (including phenoxy) is 1. The van der Waals surface area contributed by atoms with Crippen LogP contribution in [0.1, 0.15) is 23.0 Å². The van der Waals surface area contributed by atoms with Gasteiger partial charge < -0.3 is 4.74 Å². The third-order valence-corrected chi connectivity index (χ3v) is 6.31. The molecule has 5 aromatic rings. The number of hydrogen-bond donors (Lipinski definition) is 0. The van der Waals surface area contributed by atoms with Crippen LogP contribution in [-0.4, -0.2) is 22.5 Å². The molecule has 0 aliphatic heterocycles. The summed E-state index contributed by atoms with van der Waals surface area (Å²) in [5.41, 5.74) is 1.82. The highest BCUT2D eigenvalue weighted by molar-refractivity contribution is 7.22. The van der Waals surface area contributed by atoms with E-state index < -0.39 is 0 Å². The number of carbonyl (C=O) groups excluding carboxylic acids is 1. The SMILES string of the molecule is CCOc1ccc2ccccc2c1C(=O)N(Cc1ccccn1)c1nc2ccc(F)cc2s1. The van der Waals surface area contributed by atoms with E-state index in [1.54, 1.807) is 17.2 Å². The van der Waals surface area contributed by atoms with Crippen LogP contribution in [0.15, 0.2) is 79.0 Å². The van der Waals surface area contributed by atoms with Gasteiger partial charge in [0.15, 0.2) is 5.13 Å². The topological polar surface area (TPSA) is 55.3 Å². The summed E-state index contributed by atoms with van der Waals surface area (Å²) in [6, 6.07) is 21.5. The van der Waals surface area contributed by atoms with Gasteiger partial charge in [-0.05, 0) is 54.1 Å². The third kappa shape index (κ3) is 4.15. The predicted molar refractivity (Wildman–Crippen MR) is 129 cm³/mol. The van der Waals surface area contributed by atoms with E-state index in [-0.39, 0.29) is 18.3 Å². The fourth-order valence-electron chi connectivity index (χ4n) is 3.76. The Hall–Kier alpha value is -3.84. The van der Waals surface area contributed by atoms with Gasteiger partial charge in [-0.3, -0.25) is 14.7 Å². The maximum absolute atomic E-state index is 14.1. The van der Waals surface area contributed by atoms with Gasteiger partial charge in [0.05, 0.1) is 34.6 Å². The molecule has 7 heteroatoms. The fourth-order valence-corrected chi connectivity index (χ4v) is 4.75. The van der Waals surface area contributed by atoms with E-state index in [2.05, 4.69) is 9.97 Å². The van der Waals surface area contributed by atoms with Crippen molar-refractivity contribution in [3.05, 3.63) is 96.1 Å². The molecule has 1 amide bonds. The molecule has 0 fully saturated rings. The Labute approximate surface area is 194 Å². The second-order valence-electron chi connectivity index (χ2n) is 7.41. The van der Waals surface area contributed by atoms with Crippen molar-refractivity contribution in [1.82, 2.24) is 9.97 Å². The number of halogens is 1. The molecular weight excluding hydrogens is 437 g/mol. The Bertz CT molecular complexity index is 1450. The lowest BCUT2D eigenvalue weighted by molar-refractivity contribution is 0.0983. The zero-order chi connectivity index (χ0) is 22.8. The molecule has 5 nitrogen and oxygen atoms in total. The highest BCUT2D eigenvalue weighted by Crippen LogP contribution is 2.35. The first-order chi connectivity index (χ1) is 16.1. The monoisotopic (exact) mass is 457 g/mol. The number of amides is 1. The highest BCUT2D eigenvalue weighted by Gasteiger charge is 2.27. The highest BCUT2D eigenvalue weighted by atomic mass is 32.1. The van der Waals surface area contributed by atoms with Gasteiger partial charge in [0.1, 0.15) is 11.6 Å². The van der Waals surface area contributed by atoms with Gasteiger partial charge in [0, 0.05) is 6.20 Å². The Balaban J connectivity index is 1.68. The molecule has 0 saturated carbocycles. The van der Waals surface area contributed by atoms with Crippen LogP contribution < -0.4 is 9.64 Å². The molecule has 0 saturated heterocycles. The van der Waals surface area contributed by atoms with Crippen LogP contribution in [0.25, 0.3) is 21.0 Å². The Morgan fingerprint density at radius 1 is 1.06 bits per heavy atom. The average Bonchev–Trinajstić information content (AvgIpc) is 3.25. The van der Waals surface area contributed by atoms with Gasteiger partial charge in [-0.1, -0.05) is 47.7 Å². The molecule has 33 heavy (non-hydrogen) atoms. The zero-order valence-electron chi connectivity index (χ0n) is 17.9. The summed E-state index contributed by atoms with van der Waals surface area (Å²) in [4.78, 5) is 24.7. The van der Waals surface area contributed by atoms with Crippen molar-refractivity contribution in [3.63, 3.8) is 0 Å². The average molecular weight is 458 g/mol. The number of carbonyl (C=O) groups is 1. The normalized spacial score (nSPS) is 11.1. The maximum Gasteiger partial charge on any atom is 0.264 e. The third-order valence-electron chi connectivity index (χ3n) is 5.27. The first-order valence-corrected chi connectivity index (χ1v) is 11.4. The minimum atomic E-state index is -0.340. The minimum absolute atomic E-state index is 0.219. The Morgan fingerprint density at radius 2 is 1.91 bits per heavy atom. The van der Waals surface area contributed by atoms with E-state index in [4.69, 9.17) is 4.74 Å². The van der Waals surface area contributed by atoms with E-state index in [1.807, 2.05) is 61.5 Å². The molecule has 0 aliphatic rings. The quantitative estimate of drug-likeness (QED) is 0.303. The van der Waals surface area contributed by atoms with Gasteiger partial charge in [-0.15, -0.1) is 0 Å². The van der Waals surface area contributed by atoms with Gasteiger partial charge in [0.2, 0.25) is 0 Å². The van der Waals surface area contributed by atoms with E-state index in [9.17, 15) is 9.18 Å². The molecule has 0 aliphatic carbocycles. The fraction of sp³-hybridized carbons (Fsp3) is 0.115. The van der Waals surface area contributed by atoms with Crippen LogP contribution in [0.5, 0.6) is 5.75 Å². The smallest absolute Gasteiger partial charge is 0.264 e. The van der Waals surface area contributed by atoms with Crippen molar-refractivity contribution in [2.45, 2.75) is 13.5 Å². The van der Waals surface area contributed by atoms with E-state index in [0.29, 0.717) is 33.3 Å². The molecule has 5 rings (SSSR count). The maximum atomic E-state index is 14.1. The van der Waals surface area contributed by atoms with Crippen LogP contribution >= 0.6 is 11.3 Å². The van der Waals surface area contributed by atoms with Crippen LogP contribution in [0.4, 0.5) is 9.52 Å². The van der Waals surface area contributed by atoms with Crippen molar-refractivity contribution in [3.8, 4) is 5.75 Å². The second kappa shape index (κ2) is 8.96. The summed E-state index contributed by atoms with van der Waals surface area (Å²) < 4.78 is 20.3. The Kier molecular flexibility index (Phi) is 5.71. The Morgan fingerprint density at radius 3 is 2.73 bits per heavy atom. The van der Waals surface area contributed by atoms with Gasteiger partial charge in [-0.25, -0.2) is 9.37 Å². The van der Waals surface area contributed by atoms with E-state index >= 15 is 0 Å². The number of pyridine rings is 1. The molecule has 0 N–H and O–H groups in total. The summed E-state index contributed by atoms with van der Waals surface area (Å²) in [5.74, 6) is -0.0761. The number of aromatic nitrogens is 2. The predicted octanol–water partition coefficient (Wildman–Crippen LogP) is 6.23. The molecule has 164 valence electrons. The summed E-state index contributed by atoms with van der Waals surface area (Å²) in [5, 5.41) is 2.21. The lowest BCUT2D eigenvalue weighted by Gasteiger charge is -2.22. The van der Waals surface area contributed by atoms with E-state index in [0.717, 1.165) is 16.5 Å². The molecule has 0 unspecified atom stereocenters. The molecule has 0 spiro atoms. The molecular formula is C26H20FN3O2S. The first-order valence-electron chi connectivity index (χ1n) is 10.6. The largest absolute Gasteiger partial charge is 0.493 e. The lowest BCUT2D eigenvalue weighted by Crippen LogP contribution is -2.31. The lowest BCUT2D eigenvalue weighted by atomic mass is 10.0. The van der Waals surface area contributed by atoms with Gasteiger partial charge in [-0.2, -0.15) is 0 Å². The standard InChI is InChI=1S/C26H20FN3O2S/c1-2-32-22-13-10-17-7-3-4-9-20(17)24(22)25(31)30(16-19-8-5-6-14-28-19)26-29-21-12-11-18(27)15-23(21)33-26/h3-15H,2,16H2,1H3. The van der Waals surface area contributed by atoms with Crippen molar-refractivity contribution < 1.29 is 13.9 Å². The van der Waals surface area contributed by atoms with Crippen molar-refractivity contribution in [2.75, 3.05) is 11.5 Å². The molecule has 3 aromatic carbocycles. The molecule has 2 heterocycles. The van der Waals surface area contributed by atoms with Crippen molar-refractivity contribution >= 4 is 43.4 Å². The van der Waals surface area contributed by atoms with E-state index in [1.165, 1.54) is 23.5 Å². The van der Waals surface area contributed by atoms with Crippen LogP contribution in [-0.2, 0) is 6.54 Å². The molecule has 0 bridgehead atoms. The van der Waals surface area contributed by atoms with Gasteiger partial charge >= 0.3 is 0 Å². The number of thiazole rings is 1. The minimum Gasteiger partial charge on any atom is -0.493 e. The second-order valence-corrected chi connectivity index (χ2v) is 8.42. The number of fused-ring (bicyclic) bond motifs is 2. The van der Waals surface area contributed by atoms with Crippen LogP contribution in [0.2, 0.25) is 0 Å². The zero-order valence-corrected chi connectivity index (χ0v) is 18.7. The first kappa shape index (κ1) is 21.0. The molecule has 2 aromatic heterocycles. The number of anilines is 1. The summed E-state index contributed by atoms with van der Waals surface area (Å²) in [7, 11) is 0. The van der Waals surface area contributed by atoms with Crippen LogP contribution in [0.3, 0.4) is 0 Å². The summed E-state index contributed by atoms with van der Waals surface area (Å²) in [6.45, 7) is 2.53. The van der Waals surface area contributed by atoms with Crippen molar-refractivity contribution in [2.24, 2.45) is 0 Å². The van der Waals surface area contributed by atoms with Crippen molar-refractivity contribution in [1.29, 1.82) is 0 Å².